The van der Waals surface area contributed by atoms with E-state index < -0.39 is 0 Å². The number of hydrogen-bond acceptors (Lipinski definition) is 3. The smallest absolute Gasteiger partial charge is 0.252 e. The summed E-state index contributed by atoms with van der Waals surface area (Å²) in [5.41, 5.74) is 25.6. The number of nitrogens with zero attached hydrogens (tertiary/aromatic N) is 3. The lowest BCUT2D eigenvalue weighted by molar-refractivity contribution is 0.195. The van der Waals surface area contributed by atoms with Crippen LogP contribution in [0.3, 0.4) is 0 Å². The highest BCUT2D eigenvalue weighted by atomic mass is 15.3. The van der Waals surface area contributed by atoms with Gasteiger partial charge in [0.15, 0.2) is 0 Å². The van der Waals surface area contributed by atoms with Gasteiger partial charge in [0.05, 0.1) is 11.2 Å². The van der Waals surface area contributed by atoms with Crippen LogP contribution in [0.1, 0.15) is 130 Å². The van der Waals surface area contributed by atoms with Crippen molar-refractivity contribution in [2.24, 2.45) is 0 Å². The van der Waals surface area contributed by atoms with Crippen LogP contribution in [0.5, 0.6) is 0 Å². The third-order valence-corrected chi connectivity index (χ3v) is 17.7. The zero-order chi connectivity index (χ0) is 51.0. The molecule has 0 bridgehead atoms. The highest BCUT2D eigenvalue weighted by Crippen LogP contribution is 2.61. The van der Waals surface area contributed by atoms with Gasteiger partial charge in [0.2, 0.25) is 0 Å². The van der Waals surface area contributed by atoms with Crippen LogP contribution in [0.4, 0.5) is 45.5 Å². The van der Waals surface area contributed by atoms with Crippen LogP contribution in [-0.2, 0) is 21.7 Å². The van der Waals surface area contributed by atoms with Crippen LogP contribution < -0.4 is 31.1 Å². The second-order valence-electron chi connectivity index (χ2n) is 25.5. The summed E-state index contributed by atoms with van der Waals surface area (Å²) < 4.78 is 0. The van der Waals surface area contributed by atoms with Crippen molar-refractivity contribution in [2.75, 3.05) is 14.7 Å². The molecule has 1 aliphatic carbocycles. The first-order chi connectivity index (χ1) is 34.7. The van der Waals surface area contributed by atoms with E-state index in [4.69, 9.17) is 0 Å². The Balaban J connectivity index is 1.14. The molecule has 3 nitrogen and oxygen atoms in total. The van der Waals surface area contributed by atoms with Crippen LogP contribution in [-0.4, -0.2) is 12.3 Å². The molecule has 8 aromatic rings. The number of anilines is 8. The van der Waals surface area contributed by atoms with E-state index in [1.165, 1.54) is 131 Å². The van der Waals surface area contributed by atoms with E-state index in [1.807, 2.05) is 0 Å². The third-order valence-electron chi connectivity index (χ3n) is 17.7. The van der Waals surface area contributed by atoms with E-state index in [9.17, 15) is 0 Å². The molecule has 0 amide bonds. The Morgan fingerprint density at radius 1 is 0.425 bits per heavy atom. The third kappa shape index (κ3) is 7.44. The first kappa shape index (κ1) is 47.2. The summed E-state index contributed by atoms with van der Waals surface area (Å²) in [7, 11) is 0. The molecular weight excluding hydrogens is 882 g/mol. The van der Waals surface area contributed by atoms with Gasteiger partial charge in [-0.3, -0.25) is 0 Å². The number of para-hydroxylation sites is 1. The Morgan fingerprint density at radius 3 is 1.64 bits per heavy atom. The van der Waals surface area contributed by atoms with E-state index in [0.29, 0.717) is 0 Å². The molecule has 366 valence electrons. The Bertz CT molecular complexity index is 3460. The van der Waals surface area contributed by atoms with Gasteiger partial charge in [-0.2, -0.15) is 0 Å². The van der Waals surface area contributed by atoms with E-state index in [-0.39, 0.29) is 33.9 Å². The van der Waals surface area contributed by atoms with Crippen LogP contribution >= 0.6 is 0 Å². The van der Waals surface area contributed by atoms with Gasteiger partial charge in [-0.25, -0.2) is 0 Å². The lowest BCUT2D eigenvalue weighted by Crippen LogP contribution is -2.61. The molecule has 0 spiro atoms. The maximum Gasteiger partial charge on any atom is 0.252 e. The van der Waals surface area contributed by atoms with Gasteiger partial charge < -0.3 is 14.7 Å². The molecule has 12 rings (SSSR count). The molecule has 0 radical (unpaired) electrons. The molecule has 1 saturated carbocycles. The van der Waals surface area contributed by atoms with Crippen molar-refractivity contribution in [1.29, 1.82) is 0 Å². The standard InChI is InChI=1S/C69H72BN3/c1-45-40-62-64-63(41-45)72(58-37-31-51(67(8,9)10)43-54(58)47-20-14-13-15-21-47)60-42-48(46-24-27-49(28-25-46)65(2,3)4)26-35-56(60)70(64)57-36-34-53(44-61(57)71(62)52-32-29-50(30-33-52)66(5,6)7)73-59-23-17-16-22-55(59)68(11)38-18-19-39-69(68,73)12/h13-17,20-37,40-44H,18-19,38-39H2,1-12H3. The number of benzene rings is 8. The minimum absolute atomic E-state index is 0.0151. The number of aryl methyl sites for hydroxylation is 1. The van der Waals surface area contributed by atoms with Crippen LogP contribution in [0.25, 0.3) is 22.3 Å². The van der Waals surface area contributed by atoms with Crippen LogP contribution in [0.2, 0.25) is 0 Å². The van der Waals surface area contributed by atoms with Gasteiger partial charge in [0.25, 0.3) is 6.71 Å². The zero-order valence-corrected chi connectivity index (χ0v) is 45.4. The van der Waals surface area contributed by atoms with Crippen molar-refractivity contribution >= 4 is 68.6 Å². The number of rotatable bonds is 5. The molecular formula is C69H72BN3. The number of fused-ring (bicyclic) bond motifs is 7. The van der Waals surface area contributed by atoms with Crippen LogP contribution in [0.15, 0.2) is 170 Å². The second kappa shape index (κ2) is 16.6. The average Bonchev–Trinajstić information content (AvgIpc) is 3.59. The van der Waals surface area contributed by atoms with Crippen molar-refractivity contribution in [1.82, 2.24) is 0 Å². The van der Waals surface area contributed by atoms with Crippen molar-refractivity contribution in [2.45, 2.75) is 136 Å². The fourth-order valence-electron chi connectivity index (χ4n) is 13.4. The summed E-state index contributed by atoms with van der Waals surface area (Å²) in [6.45, 7) is 28.2. The molecule has 73 heavy (non-hydrogen) atoms. The summed E-state index contributed by atoms with van der Waals surface area (Å²) in [5, 5.41) is 0. The molecule has 8 aromatic carbocycles. The predicted molar refractivity (Wildman–Crippen MR) is 315 cm³/mol. The lowest BCUT2D eigenvalue weighted by atomic mass is 9.33. The highest BCUT2D eigenvalue weighted by molar-refractivity contribution is 7.00. The van der Waals surface area contributed by atoms with Crippen molar-refractivity contribution in [3.8, 4) is 22.3 Å². The first-order valence-corrected chi connectivity index (χ1v) is 27.1. The molecule has 4 aliphatic rings. The maximum atomic E-state index is 2.75. The fraction of sp³-hybridized carbons (Fsp3) is 0.304. The molecule has 4 heteroatoms. The quantitative estimate of drug-likeness (QED) is 0.159. The Morgan fingerprint density at radius 2 is 0.973 bits per heavy atom. The van der Waals surface area contributed by atoms with Gasteiger partial charge in [-0.1, -0.05) is 191 Å². The molecule has 1 fully saturated rings. The predicted octanol–water partition coefficient (Wildman–Crippen LogP) is 17.0. The van der Waals surface area contributed by atoms with Gasteiger partial charge >= 0.3 is 0 Å². The fourth-order valence-corrected chi connectivity index (χ4v) is 13.4. The Hall–Kier alpha value is -6.78. The van der Waals surface area contributed by atoms with E-state index in [1.54, 1.807) is 0 Å². The van der Waals surface area contributed by atoms with Gasteiger partial charge in [0, 0.05) is 50.8 Å². The topological polar surface area (TPSA) is 9.72 Å². The summed E-state index contributed by atoms with van der Waals surface area (Å²) in [6, 6.07) is 66.2. The van der Waals surface area contributed by atoms with Crippen molar-refractivity contribution < 1.29 is 0 Å². The molecule has 0 saturated heterocycles. The Labute approximate surface area is 437 Å². The molecule has 3 heterocycles. The zero-order valence-electron chi connectivity index (χ0n) is 45.4. The number of hydrogen-bond donors (Lipinski definition) is 0. The minimum Gasteiger partial charge on any atom is -0.334 e. The summed E-state index contributed by atoms with van der Waals surface area (Å²) >= 11 is 0. The largest absolute Gasteiger partial charge is 0.334 e. The van der Waals surface area contributed by atoms with E-state index >= 15 is 0 Å². The monoisotopic (exact) mass is 954 g/mol. The molecule has 0 N–H and O–H groups in total. The summed E-state index contributed by atoms with van der Waals surface area (Å²) in [4.78, 5) is 8.00. The van der Waals surface area contributed by atoms with E-state index in [0.717, 1.165) is 6.42 Å². The molecule has 3 aliphatic heterocycles. The molecule has 2 unspecified atom stereocenters. The van der Waals surface area contributed by atoms with Crippen molar-refractivity contribution in [3.05, 3.63) is 198 Å². The van der Waals surface area contributed by atoms with Gasteiger partial charge in [-0.05, 0) is 164 Å². The Kier molecular flexibility index (Phi) is 10.8. The first-order valence-electron chi connectivity index (χ1n) is 27.1. The minimum atomic E-state index is -0.0584. The highest BCUT2D eigenvalue weighted by Gasteiger charge is 2.58. The summed E-state index contributed by atoms with van der Waals surface area (Å²) in [6.07, 6.45) is 4.87. The van der Waals surface area contributed by atoms with E-state index in [2.05, 4.69) is 268 Å². The second-order valence-corrected chi connectivity index (χ2v) is 25.5. The van der Waals surface area contributed by atoms with Gasteiger partial charge in [-0.15, -0.1) is 0 Å². The SMILES string of the molecule is Cc1cc2c3c(c1)N(c1ccc(C(C)(C)C)cc1-c1ccccc1)c1cc(-c4ccc(C(C)(C)C)cc4)ccc1B3c1ccc(N3c4ccccc4C4(C)CCCCC34C)cc1N2c1ccc(C(C)(C)C)cc1. The average molecular weight is 954 g/mol. The summed E-state index contributed by atoms with van der Waals surface area (Å²) in [5.74, 6) is 0. The molecule has 2 atom stereocenters. The lowest BCUT2D eigenvalue weighted by Gasteiger charge is -2.50. The maximum absolute atomic E-state index is 2.75. The van der Waals surface area contributed by atoms with Crippen molar-refractivity contribution in [3.63, 3.8) is 0 Å². The normalized spacial score (nSPS) is 19.0. The molecule has 0 aromatic heterocycles. The van der Waals surface area contributed by atoms with Crippen LogP contribution in [0, 0.1) is 6.92 Å². The van der Waals surface area contributed by atoms with Gasteiger partial charge in [0.1, 0.15) is 0 Å².